The standard InChI is InChI=1S/C18H22N4O3.CH4/c1-13-11-15(20-21(13)2)17(23)22-9-7-16(22)18(24)25-10-4-6-14-5-3-8-19-12-14;/h3,5,8,11-12,16H,4,6-7,9-10H2,1-2H3;1H4/t16-;/m0./s1. The van der Waals surface area contributed by atoms with Gasteiger partial charge in [0.05, 0.1) is 6.61 Å². The molecule has 1 fully saturated rings. The maximum absolute atomic E-state index is 12.5. The molecule has 3 heterocycles. The zero-order valence-electron chi connectivity index (χ0n) is 14.5. The first-order valence-electron chi connectivity index (χ1n) is 8.43. The highest BCUT2D eigenvalue weighted by atomic mass is 16.5. The Bertz CT molecular complexity index is 738. The highest BCUT2D eigenvalue weighted by molar-refractivity contribution is 5.96. The number of pyridine rings is 1. The third kappa shape index (κ3) is 4.28. The molecule has 140 valence electrons. The molecule has 0 unspecified atom stereocenters. The van der Waals surface area contributed by atoms with Crippen molar-refractivity contribution < 1.29 is 14.3 Å². The molecule has 0 aliphatic carbocycles. The third-order valence-electron chi connectivity index (χ3n) is 4.46. The first-order chi connectivity index (χ1) is 12.1. The van der Waals surface area contributed by atoms with Gasteiger partial charge in [0, 0.05) is 31.7 Å². The lowest BCUT2D eigenvalue weighted by Gasteiger charge is -2.38. The molecule has 0 N–H and O–H groups in total. The molecule has 0 aromatic carbocycles. The Kier molecular flexibility index (Phi) is 6.49. The van der Waals surface area contributed by atoms with E-state index in [0.717, 1.165) is 24.1 Å². The summed E-state index contributed by atoms with van der Waals surface area (Å²) in [5.41, 5.74) is 2.39. The van der Waals surface area contributed by atoms with Crippen molar-refractivity contribution in [1.29, 1.82) is 0 Å². The number of esters is 1. The zero-order chi connectivity index (χ0) is 17.8. The number of aromatic nitrogens is 3. The number of ether oxygens (including phenoxy) is 1. The lowest BCUT2D eigenvalue weighted by Crippen LogP contribution is -2.55. The van der Waals surface area contributed by atoms with Crippen LogP contribution in [-0.2, 0) is 23.0 Å². The summed E-state index contributed by atoms with van der Waals surface area (Å²) < 4.78 is 6.99. The van der Waals surface area contributed by atoms with E-state index in [1.54, 1.807) is 24.0 Å². The minimum absolute atomic E-state index is 0. The molecule has 1 saturated heterocycles. The van der Waals surface area contributed by atoms with Crippen LogP contribution in [0.2, 0.25) is 0 Å². The van der Waals surface area contributed by atoms with Crippen LogP contribution < -0.4 is 0 Å². The van der Waals surface area contributed by atoms with Crippen LogP contribution in [0.1, 0.15) is 42.0 Å². The van der Waals surface area contributed by atoms with E-state index in [9.17, 15) is 9.59 Å². The zero-order valence-corrected chi connectivity index (χ0v) is 14.5. The summed E-state index contributed by atoms with van der Waals surface area (Å²) in [6.45, 7) is 2.78. The number of rotatable bonds is 6. The molecule has 2 aromatic rings. The number of aryl methyl sites for hydroxylation is 3. The molecule has 1 amide bonds. The fraction of sp³-hybridized carbons (Fsp3) is 0.474. The second-order valence-electron chi connectivity index (χ2n) is 6.23. The van der Waals surface area contributed by atoms with E-state index < -0.39 is 6.04 Å². The van der Waals surface area contributed by atoms with Crippen LogP contribution in [0.3, 0.4) is 0 Å². The van der Waals surface area contributed by atoms with Crippen LogP contribution in [0.4, 0.5) is 0 Å². The Labute approximate surface area is 154 Å². The van der Waals surface area contributed by atoms with Crippen molar-refractivity contribution in [3.8, 4) is 0 Å². The Morgan fingerprint density at radius 2 is 2.19 bits per heavy atom. The van der Waals surface area contributed by atoms with Gasteiger partial charge in [-0.15, -0.1) is 0 Å². The van der Waals surface area contributed by atoms with Crippen molar-refractivity contribution in [2.45, 2.75) is 39.7 Å². The average Bonchev–Trinajstić information content (AvgIpc) is 2.91. The molecule has 0 spiro atoms. The lowest BCUT2D eigenvalue weighted by molar-refractivity contribution is -0.153. The van der Waals surface area contributed by atoms with Gasteiger partial charge in [0.25, 0.3) is 5.91 Å². The van der Waals surface area contributed by atoms with Crippen molar-refractivity contribution in [2.24, 2.45) is 7.05 Å². The van der Waals surface area contributed by atoms with E-state index in [4.69, 9.17) is 4.74 Å². The largest absolute Gasteiger partial charge is 0.464 e. The SMILES string of the molecule is C.Cc1cc(C(=O)N2CC[C@H]2C(=O)OCCCc2cccnc2)nn1C. The predicted molar refractivity (Wildman–Crippen MR) is 97.6 cm³/mol. The highest BCUT2D eigenvalue weighted by Gasteiger charge is 2.39. The molecule has 0 radical (unpaired) electrons. The Balaban J connectivity index is 0.00000243. The first kappa shape index (κ1) is 19.6. The Morgan fingerprint density at radius 3 is 2.77 bits per heavy atom. The van der Waals surface area contributed by atoms with E-state index in [1.807, 2.05) is 25.3 Å². The number of likely N-dealkylation sites (tertiary alicyclic amines) is 1. The minimum atomic E-state index is -0.492. The molecule has 3 rings (SSSR count). The van der Waals surface area contributed by atoms with Gasteiger partial charge in [0.2, 0.25) is 0 Å². The topological polar surface area (TPSA) is 77.3 Å². The number of hydrogen-bond donors (Lipinski definition) is 0. The molecule has 7 nitrogen and oxygen atoms in total. The fourth-order valence-corrected chi connectivity index (χ4v) is 2.78. The number of nitrogens with zero attached hydrogens (tertiary/aromatic N) is 4. The molecule has 2 aromatic heterocycles. The molecule has 0 bridgehead atoms. The number of amides is 1. The Hall–Kier alpha value is -2.70. The Morgan fingerprint density at radius 1 is 1.38 bits per heavy atom. The van der Waals surface area contributed by atoms with Gasteiger partial charge in [-0.3, -0.25) is 14.5 Å². The summed E-state index contributed by atoms with van der Waals surface area (Å²) >= 11 is 0. The maximum atomic E-state index is 12.5. The van der Waals surface area contributed by atoms with Crippen molar-refractivity contribution in [2.75, 3.05) is 13.2 Å². The van der Waals surface area contributed by atoms with Crippen molar-refractivity contribution in [3.05, 3.63) is 47.5 Å². The highest BCUT2D eigenvalue weighted by Crippen LogP contribution is 2.21. The number of hydrogen-bond acceptors (Lipinski definition) is 5. The molecule has 7 heteroatoms. The molecular formula is C19H26N4O3. The quantitative estimate of drug-likeness (QED) is 0.584. The monoisotopic (exact) mass is 358 g/mol. The van der Waals surface area contributed by atoms with Crippen LogP contribution in [-0.4, -0.2) is 50.7 Å². The second kappa shape index (κ2) is 8.60. The predicted octanol–water partition coefficient (Wildman–Crippen LogP) is 2.15. The van der Waals surface area contributed by atoms with Gasteiger partial charge in [0.1, 0.15) is 6.04 Å². The van der Waals surface area contributed by atoms with E-state index in [2.05, 4.69) is 10.1 Å². The smallest absolute Gasteiger partial charge is 0.328 e. The maximum Gasteiger partial charge on any atom is 0.328 e. The normalized spacial score (nSPS) is 15.8. The fourth-order valence-electron chi connectivity index (χ4n) is 2.78. The van der Waals surface area contributed by atoms with Gasteiger partial charge < -0.3 is 9.64 Å². The average molecular weight is 358 g/mol. The van der Waals surface area contributed by atoms with Crippen molar-refractivity contribution in [1.82, 2.24) is 19.7 Å². The van der Waals surface area contributed by atoms with E-state index >= 15 is 0 Å². The van der Waals surface area contributed by atoms with Crippen LogP contribution in [0, 0.1) is 6.92 Å². The van der Waals surface area contributed by atoms with Gasteiger partial charge in [-0.1, -0.05) is 13.5 Å². The third-order valence-corrected chi connectivity index (χ3v) is 4.46. The molecule has 0 saturated carbocycles. The summed E-state index contributed by atoms with van der Waals surface area (Å²) in [6.07, 6.45) is 5.72. The van der Waals surface area contributed by atoms with Gasteiger partial charge in [0.15, 0.2) is 5.69 Å². The summed E-state index contributed by atoms with van der Waals surface area (Å²) in [5.74, 6) is -0.550. The minimum Gasteiger partial charge on any atom is -0.464 e. The molecule has 1 aliphatic heterocycles. The van der Waals surface area contributed by atoms with Crippen LogP contribution in [0.15, 0.2) is 30.6 Å². The first-order valence-corrected chi connectivity index (χ1v) is 8.43. The van der Waals surface area contributed by atoms with Gasteiger partial charge in [-0.2, -0.15) is 5.10 Å². The van der Waals surface area contributed by atoms with Crippen LogP contribution in [0.25, 0.3) is 0 Å². The van der Waals surface area contributed by atoms with Crippen LogP contribution >= 0.6 is 0 Å². The second-order valence-corrected chi connectivity index (χ2v) is 6.23. The molecule has 26 heavy (non-hydrogen) atoms. The summed E-state index contributed by atoms with van der Waals surface area (Å²) in [6, 6.07) is 5.12. The van der Waals surface area contributed by atoms with E-state index in [0.29, 0.717) is 25.3 Å². The molecule has 1 atom stereocenters. The van der Waals surface area contributed by atoms with Gasteiger partial charge in [-0.05, 0) is 43.9 Å². The summed E-state index contributed by atoms with van der Waals surface area (Å²) in [7, 11) is 1.79. The summed E-state index contributed by atoms with van der Waals surface area (Å²) in [4.78, 5) is 30.2. The van der Waals surface area contributed by atoms with Crippen molar-refractivity contribution in [3.63, 3.8) is 0 Å². The lowest BCUT2D eigenvalue weighted by atomic mass is 10.0. The van der Waals surface area contributed by atoms with Gasteiger partial charge in [-0.25, -0.2) is 4.79 Å². The van der Waals surface area contributed by atoms with Crippen molar-refractivity contribution >= 4 is 11.9 Å². The van der Waals surface area contributed by atoms with E-state index in [1.165, 1.54) is 4.90 Å². The number of carbonyl (C=O) groups is 2. The summed E-state index contributed by atoms with van der Waals surface area (Å²) in [5, 5.41) is 4.18. The molecule has 1 aliphatic rings. The van der Waals surface area contributed by atoms with E-state index in [-0.39, 0.29) is 19.3 Å². The van der Waals surface area contributed by atoms with Crippen LogP contribution in [0.5, 0.6) is 0 Å². The number of carbonyl (C=O) groups excluding carboxylic acids is 2. The van der Waals surface area contributed by atoms with Gasteiger partial charge >= 0.3 is 5.97 Å². The molecular weight excluding hydrogens is 332 g/mol.